The van der Waals surface area contributed by atoms with Crippen molar-refractivity contribution in [2.75, 3.05) is 12.3 Å². The molecule has 0 bridgehead atoms. The summed E-state index contributed by atoms with van der Waals surface area (Å²) in [5, 5.41) is 4.29. The molecule has 4 heteroatoms. The van der Waals surface area contributed by atoms with Crippen LogP contribution in [0.1, 0.15) is 37.8 Å². The number of hydrogen-bond acceptors (Lipinski definition) is 2. The second-order valence-electron chi connectivity index (χ2n) is 4.79. The van der Waals surface area contributed by atoms with E-state index in [1.165, 1.54) is 31.1 Å². The lowest BCUT2D eigenvalue weighted by molar-refractivity contribution is 0.537. The van der Waals surface area contributed by atoms with Crippen molar-refractivity contribution < 1.29 is 4.39 Å². The monoisotopic (exact) mass is 331 g/mol. The molecule has 0 amide bonds. The SMILES string of the molecule is CC(NCC1CCCCS1)c1ccc(F)c(Br)c1. The van der Waals surface area contributed by atoms with Crippen molar-refractivity contribution in [1.82, 2.24) is 5.32 Å². The Hall–Kier alpha value is -0.0600. The van der Waals surface area contributed by atoms with Gasteiger partial charge in [0.15, 0.2) is 0 Å². The normalized spacial score (nSPS) is 21.8. The van der Waals surface area contributed by atoms with E-state index in [4.69, 9.17) is 0 Å². The zero-order valence-electron chi connectivity index (χ0n) is 10.6. The number of rotatable bonds is 4. The summed E-state index contributed by atoms with van der Waals surface area (Å²) in [5.41, 5.74) is 1.13. The van der Waals surface area contributed by atoms with E-state index in [9.17, 15) is 4.39 Å². The van der Waals surface area contributed by atoms with Crippen molar-refractivity contribution >= 4 is 27.7 Å². The summed E-state index contributed by atoms with van der Waals surface area (Å²) < 4.78 is 13.7. The Morgan fingerprint density at radius 1 is 1.50 bits per heavy atom. The van der Waals surface area contributed by atoms with Gasteiger partial charge in [0.1, 0.15) is 5.82 Å². The highest BCUT2D eigenvalue weighted by atomic mass is 79.9. The van der Waals surface area contributed by atoms with Crippen molar-refractivity contribution in [2.24, 2.45) is 0 Å². The van der Waals surface area contributed by atoms with Crippen molar-refractivity contribution in [3.63, 3.8) is 0 Å². The molecule has 0 saturated carbocycles. The van der Waals surface area contributed by atoms with Gasteiger partial charge in [-0.25, -0.2) is 4.39 Å². The van der Waals surface area contributed by atoms with Crippen LogP contribution in [-0.2, 0) is 0 Å². The Morgan fingerprint density at radius 2 is 2.33 bits per heavy atom. The molecule has 0 radical (unpaired) electrons. The van der Waals surface area contributed by atoms with Crippen LogP contribution < -0.4 is 5.32 Å². The second-order valence-corrected chi connectivity index (χ2v) is 7.05. The molecule has 1 aliphatic rings. The molecular weight excluding hydrogens is 313 g/mol. The lowest BCUT2D eigenvalue weighted by Crippen LogP contribution is -2.29. The topological polar surface area (TPSA) is 12.0 Å². The summed E-state index contributed by atoms with van der Waals surface area (Å²) in [7, 11) is 0. The number of nitrogens with one attached hydrogen (secondary N) is 1. The van der Waals surface area contributed by atoms with Crippen LogP contribution in [0.25, 0.3) is 0 Å². The van der Waals surface area contributed by atoms with E-state index in [0.717, 1.165) is 17.4 Å². The van der Waals surface area contributed by atoms with E-state index >= 15 is 0 Å². The number of thioether (sulfide) groups is 1. The van der Waals surface area contributed by atoms with Gasteiger partial charge < -0.3 is 5.32 Å². The van der Waals surface area contributed by atoms with Crippen molar-refractivity contribution in [3.8, 4) is 0 Å². The van der Waals surface area contributed by atoms with E-state index in [1.807, 2.05) is 12.1 Å². The lowest BCUT2D eigenvalue weighted by atomic mass is 10.1. The lowest BCUT2D eigenvalue weighted by Gasteiger charge is -2.24. The summed E-state index contributed by atoms with van der Waals surface area (Å²) in [6.07, 6.45) is 4.04. The summed E-state index contributed by atoms with van der Waals surface area (Å²) in [6, 6.07) is 5.50. The molecular formula is C14H19BrFNS. The summed E-state index contributed by atoms with van der Waals surface area (Å²) in [6.45, 7) is 3.17. The second kappa shape index (κ2) is 6.92. The van der Waals surface area contributed by atoms with Crippen LogP contribution in [0.4, 0.5) is 4.39 Å². The molecule has 2 unspecified atom stereocenters. The third-order valence-corrected chi connectivity index (χ3v) is 5.38. The fourth-order valence-corrected chi connectivity index (χ4v) is 3.82. The Balaban J connectivity index is 1.86. The molecule has 1 aromatic rings. The first-order valence-corrected chi connectivity index (χ1v) is 8.31. The third-order valence-electron chi connectivity index (χ3n) is 3.37. The minimum absolute atomic E-state index is 0.200. The van der Waals surface area contributed by atoms with Gasteiger partial charge in [-0.1, -0.05) is 12.5 Å². The van der Waals surface area contributed by atoms with Crippen LogP contribution in [0, 0.1) is 5.82 Å². The maximum Gasteiger partial charge on any atom is 0.137 e. The maximum absolute atomic E-state index is 13.2. The Labute approximate surface area is 121 Å². The fraction of sp³-hybridized carbons (Fsp3) is 0.571. The van der Waals surface area contributed by atoms with E-state index < -0.39 is 0 Å². The summed E-state index contributed by atoms with van der Waals surface area (Å²) in [5.74, 6) is 1.09. The largest absolute Gasteiger partial charge is 0.309 e. The minimum Gasteiger partial charge on any atom is -0.309 e. The van der Waals surface area contributed by atoms with Crippen LogP contribution in [0.2, 0.25) is 0 Å². The standard InChI is InChI=1S/C14H19BrFNS/c1-10(11-5-6-14(16)13(15)8-11)17-9-12-4-2-3-7-18-12/h5-6,8,10,12,17H,2-4,7,9H2,1H3. The predicted octanol–water partition coefficient (Wildman–Crippen LogP) is 4.52. The van der Waals surface area contributed by atoms with Crippen LogP contribution in [0.5, 0.6) is 0 Å². The average molecular weight is 332 g/mol. The van der Waals surface area contributed by atoms with Gasteiger partial charge in [0.05, 0.1) is 4.47 Å². The van der Waals surface area contributed by atoms with Crippen LogP contribution in [0.3, 0.4) is 0 Å². The van der Waals surface area contributed by atoms with Gasteiger partial charge in [0.25, 0.3) is 0 Å². The quantitative estimate of drug-likeness (QED) is 0.870. The van der Waals surface area contributed by atoms with E-state index in [-0.39, 0.29) is 11.9 Å². The van der Waals surface area contributed by atoms with E-state index in [1.54, 1.807) is 0 Å². The van der Waals surface area contributed by atoms with Crippen molar-refractivity contribution in [3.05, 3.63) is 34.1 Å². The van der Waals surface area contributed by atoms with Gasteiger partial charge >= 0.3 is 0 Å². The average Bonchev–Trinajstić information content (AvgIpc) is 2.40. The number of hydrogen-bond donors (Lipinski definition) is 1. The molecule has 1 N–H and O–H groups in total. The first kappa shape index (κ1) is 14.4. The van der Waals surface area contributed by atoms with E-state index in [0.29, 0.717) is 4.47 Å². The van der Waals surface area contributed by atoms with Gasteiger partial charge in [0.2, 0.25) is 0 Å². The number of halogens is 2. The Kier molecular flexibility index (Phi) is 5.52. The minimum atomic E-state index is -0.200. The summed E-state index contributed by atoms with van der Waals surface area (Å²) >= 11 is 5.31. The Bertz CT molecular complexity index is 393. The van der Waals surface area contributed by atoms with Crippen molar-refractivity contribution in [1.29, 1.82) is 0 Å². The molecule has 100 valence electrons. The summed E-state index contributed by atoms with van der Waals surface area (Å²) in [4.78, 5) is 0. The fourth-order valence-electron chi connectivity index (χ4n) is 2.18. The Morgan fingerprint density at radius 3 is 3.00 bits per heavy atom. The zero-order valence-corrected chi connectivity index (χ0v) is 13.0. The first-order valence-electron chi connectivity index (χ1n) is 6.47. The molecule has 2 rings (SSSR count). The van der Waals surface area contributed by atoms with Gasteiger partial charge in [0, 0.05) is 17.8 Å². The smallest absolute Gasteiger partial charge is 0.137 e. The molecule has 0 spiro atoms. The van der Waals surface area contributed by atoms with Gasteiger partial charge in [-0.2, -0.15) is 11.8 Å². The molecule has 1 fully saturated rings. The number of benzene rings is 1. The van der Waals surface area contributed by atoms with Crippen LogP contribution in [-0.4, -0.2) is 17.5 Å². The third kappa shape index (κ3) is 3.97. The molecule has 2 atom stereocenters. The maximum atomic E-state index is 13.2. The van der Waals surface area contributed by atoms with E-state index in [2.05, 4.69) is 39.9 Å². The molecule has 0 aliphatic carbocycles. The molecule has 1 aliphatic heterocycles. The van der Waals surface area contributed by atoms with Gasteiger partial charge in [-0.15, -0.1) is 0 Å². The molecule has 0 aromatic heterocycles. The molecule has 18 heavy (non-hydrogen) atoms. The zero-order chi connectivity index (χ0) is 13.0. The molecule has 1 heterocycles. The van der Waals surface area contributed by atoms with Crippen molar-refractivity contribution in [2.45, 2.75) is 37.5 Å². The molecule has 1 saturated heterocycles. The molecule has 1 aromatic carbocycles. The molecule has 1 nitrogen and oxygen atoms in total. The highest BCUT2D eigenvalue weighted by molar-refractivity contribution is 9.10. The van der Waals surface area contributed by atoms with Crippen LogP contribution >= 0.6 is 27.7 Å². The van der Waals surface area contributed by atoms with Crippen LogP contribution in [0.15, 0.2) is 22.7 Å². The first-order chi connectivity index (χ1) is 8.66. The highest BCUT2D eigenvalue weighted by Gasteiger charge is 2.15. The van der Waals surface area contributed by atoms with Gasteiger partial charge in [-0.3, -0.25) is 0 Å². The highest BCUT2D eigenvalue weighted by Crippen LogP contribution is 2.26. The van der Waals surface area contributed by atoms with Gasteiger partial charge in [-0.05, 0) is 59.1 Å². The predicted molar refractivity (Wildman–Crippen MR) is 80.6 cm³/mol.